The maximum absolute atomic E-state index is 13.0. The van der Waals surface area contributed by atoms with E-state index in [1.807, 2.05) is 23.6 Å². The van der Waals surface area contributed by atoms with Crippen molar-refractivity contribution in [2.75, 3.05) is 26.2 Å². The van der Waals surface area contributed by atoms with Crippen molar-refractivity contribution in [3.63, 3.8) is 0 Å². The van der Waals surface area contributed by atoms with Crippen molar-refractivity contribution in [3.8, 4) is 0 Å². The third-order valence-electron chi connectivity index (χ3n) is 5.37. The first-order chi connectivity index (χ1) is 12.6. The highest BCUT2D eigenvalue weighted by Crippen LogP contribution is 2.26. The van der Waals surface area contributed by atoms with Gasteiger partial charge in [-0.25, -0.2) is 0 Å². The van der Waals surface area contributed by atoms with Gasteiger partial charge >= 0.3 is 0 Å². The third kappa shape index (κ3) is 3.37. The number of carbonyl (C=O) groups excluding carboxylic acids is 1. The van der Waals surface area contributed by atoms with E-state index in [0.29, 0.717) is 18.7 Å². The van der Waals surface area contributed by atoms with Crippen LogP contribution in [0.3, 0.4) is 0 Å². The SMILES string of the molecule is Cc1nn(C)cc1CN1CC[C@H]2OCCN(C(=O)c3ccncc3)[C@@H]2C1. The normalized spacial score (nSPS) is 23.7. The molecule has 2 fully saturated rings. The van der Waals surface area contributed by atoms with Crippen LogP contribution in [0.25, 0.3) is 0 Å². The Morgan fingerprint density at radius 2 is 2.12 bits per heavy atom. The maximum atomic E-state index is 13.0. The lowest BCUT2D eigenvalue weighted by molar-refractivity contribution is -0.0914. The molecule has 0 saturated carbocycles. The largest absolute Gasteiger partial charge is 0.374 e. The van der Waals surface area contributed by atoms with Gasteiger partial charge in [-0.2, -0.15) is 5.10 Å². The molecular weight excluding hydrogens is 330 g/mol. The molecule has 7 heteroatoms. The summed E-state index contributed by atoms with van der Waals surface area (Å²) in [5.41, 5.74) is 3.01. The van der Waals surface area contributed by atoms with Gasteiger partial charge in [0.1, 0.15) is 0 Å². The maximum Gasteiger partial charge on any atom is 0.254 e. The van der Waals surface area contributed by atoms with Crippen LogP contribution in [0, 0.1) is 6.92 Å². The lowest BCUT2D eigenvalue weighted by atomic mass is 9.97. The Morgan fingerprint density at radius 3 is 2.85 bits per heavy atom. The van der Waals surface area contributed by atoms with Crippen molar-refractivity contribution in [1.82, 2.24) is 24.6 Å². The average molecular weight is 355 g/mol. The molecule has 138 valence electrons. The molecule has 2 aromatic heterocycles. The number of rotatable bonds is 3. The van der Waals surface area contributed by atoms with E-state index in [-0.39, 0.29) is 18.1 Å². The lowest BCUT2D eigenvalue weighted by Crippen LogP contribution is -2.61. The topological polar surface area (TPSA) is 63.5 Å². The van der Waals surface area contributed by atoms with Crippen molar-refractivity contribution in [2.45, 2.75) is 32.0 Å². The quantitative estimate of drug-likeness (QED) is 0.829. The zero-order chi connectivity index (χ0) is 18.1. The van der Waals surface area contributed by atoms with Crippen molar-refractivity contribution in [2.24, 2.45) is 7.05 Å². The molecule has 2 aromatic rings. The summed E-state index contributed by atoms with van der Waals surface area (Å²) in [6.07, 6.45) is 6.50. The zero-order valence-corrected chi connectivity index (χ0v) is 15.3. The van der Waals surface area contributed by atoms with Gasteiger partial charge in [-0.1, -0.05) is 0 Å². The Morgan fingerprint density at radius 1 is 1.31 bits per heavy atom. The molecule has 2 aliphatic rings. The second-order valence-corrected chi connectivity index (χ2v) is 7.15. The molecule has 4 rings (SSSR count). The highest BCUT2D eigenvalue weighted by Gasteiger charge is 2.39. The number of aromatic nitrogens is 3. The summed E-state index contributed by atoms with van der Waals surface area (Å²) in [7, 11) is 1.95. The number of hydrogen-bond donors (Lipinski definition) is 0. The van der Waals surface area contributed by atoms with Gasteiger partial charge in [0.15, 0.2) is 0 Å². The van der Waals surface area contributed by atoms with Gasteiger partial charge in [-0.3, -0.25) is 19.4 Å². The summed E-state index contributed by atoms with van der Waals surface area (Å²) in [6.45, 7) is 5.97. The Kier molecular flexibility index (Phi) is 4.74. The van der Waals surface area contributed by atoms with E-state index in [1.54, 1.807) is 24.5 Å². The summed E-state index contributed by atoms with van der Waals surface area (Å²) in [5.74, 6) is 0.0742. The van der Waals surface area contributed by atoms with Gasteiger partial charge < -0.3 is 9.64 Å². The predicted octanol–water partition coefficient (Wildman–Crippen LogP) is 1.24. The molecule has 2 saturated heterocycles. The Hall–Kier alpha value is -2.25. The second kappa shape index (κ2) is 7.17. The van der Waals surface area contributed by atoms with Crippen LogP contribution in [-0.4, -0.2) is 68.9 Å². The van der Waals surface area contributed by atoms with Gasteiger partial charge in [-0.05, 0) is 25.5 Å². The molecule has 1 amide bonds. The Labute approximate surface area is 153 Å². The molecule has 7 nitrogen and oxygen atoms in total. The smallest absolute Gasteiger partial charge is 0.254 e. The number of morpholine rings is 1. The van der Waals surface area contributed by atoms with E-state index in [1.165, 1.54) is 5.56 Å². The van der Waals surface area contributed by atoms with Crippen LogP contribution in [0.15, 0.2) is 30.7 Å². The number of likely N-dealkylation sites (tertiary alicyclic amines) is 1. The van der Waals surface area contributed by atoms with Gasteiger partial charge in [0.25, 0.3) is 5.91 Å². The van der Waals surface area contributed by atoms with Gasteiger partial charge in [0.2, 0.25) is 0 Å². The molecule has 0 bridgehead atoms. The number of carbonyl (C=O) groups is 1. The van der Waals surface area contributed by atoms with Crippen LogP contribution < -0.4 is 0 Å². The Balaban J connectivity index is 1.50. The third-order valence-corrected chi connectivity index (χ3v) is 5.37. The molecular formula is C19H25N5O2. The molecule has 0 N–H and O–H groups in total. The standard InChI is InChI=1S/C19H25N5O2/c1-14-16(11-22(2)21-14)12-23-8-5-18-17(13-23)24(9-10-26-18)19(25)15-3-6-20-7-4-15/h3-4,6-7,11,17-18H,5,8-10,12-13H2,1-2H3/t17-,18-/m1/s1. The molecule has 0 aromatic carbocycles. The van der Waals surface area contributed by atoms with E-state index < -0.39 is 0 Å². The molecule has 0 radical (unpaired) electrons. The number of hydrogen-bond acceptors (Lipinski definition) is 5. The molecule has 2 aliphatic heterocycles. The molecule has 0 spiro atoms. The van der Waals surface area contributed by atoms with Gasteiger partial charge in [0, 0.05) is 62.9 Å². The van der Waals surface area contributed by atoms with Crippen molar-refractivity contribution in [3.05, 3.63) is 47.5 Å². The number of nitrogens with zero attached hydrogens (tertiary/aromatic N) is 5. The van der Waals surface area contributed by atoms with Crippen LogP contribution in [0.1, 0.15) is 28.0 Å². The van der Waals surface area contributed by atoms with Crippen LogP contribution in [0.2, 0.25) is 0 Å². The zero-order valence-electron chi connectivity index (χ0n) is 15.3. The number of piperidine rings is 1. The van der Waals surface area contributed by atoms with Gasteiger partial charge in [0.05, 0.1) is 24.4 Å². The monoisotopic (exact) mass is 355 g/mol. The van der Waals surface area contributed by atoms with Crippen molar-refractivity contribution in [1.29, 1.82) is 0 Å². The first-order valence-corrected chi connectivity index (χ1v) is 9.16. The first kappa shape index (κ1) is 17.2. The summed E-state index contributed by atoms with van der Waals surface area (Å²) in [4.78, 5) is 21.4. The molecule has 0 aliphatic carbocycles. The van der Waals surface area contributed by atoms with Crippen LogP contribution in [0.5, 0.6) is 0 Å². The van der Waals surface area contributed by atoms with E-state index >= 15 is 0 Å². The highest BCUT2D eigenvalue weighted by atomic mass is 16.5. The highest BCUT2D eigenvalue weighted by molar-refractivity contribution is 5.94. The van der Waals surface area contributed by atoms with Crippen LogP contribution in [0.4, 0.5) is 0 Å². The minimum Gasteiger partial charge on any atom is -0.374 e. The number of fused-ring (bicyclic) bond motifs is 1. The molecule has 0 unspecified atom stereocenters. The van der Waals surface area contributed by atoms with E-state index in [9.17, 15) is 4.79 Å². The Bertz CT molecular complexity index is 775. The minimum absolute atomic E-state index is 0.0742. The van der Waals surface area contributed by atoms with Crippen LogP contribution in [-0.2, 0) is 18.3 Å². The minimum atomic E-state index is 0.0742. The number of amides is 1. The molecule has 2 atom stereocenters. The van der Waals surface area contributed by atoms with Gasteiger partial charge in [-0.15, -0.1) is 0 Å². The number of ether oxygens (including phenoxy) is 1. The van der Waals surface area contributed by atoms with Crippen molar-refractivity contribution < 1.29 is 9.53 Å². The fourth-order valence-electron chi connectivity index (χ4n) is 4.04. The summed E-state index contributed by atoms with van der Waals surface area (Å²) < 4.78 is 7.84. The second-order valence-electron chi connectivity index (χ2n) is 7.15. The molecule has 4 heterocycles. The predicted molar refractivity (Wildman–Crippen MR) is 96.6 cm³/mol. The average Bonchev–Trinajstić information content (AvgIpc) is 2.98. The lowest BCUT2D eigenvalue weighted by Gasteiger charge is -2.47. The first-order valence-electron chi connectivity index (χ1n) is 9.16. The van der Waals surface area contributed by atoms with Crippen LogP contribution >= 0.6 is 0 Å². The molecule has 26 heavy (non-hydrogen) atoms. The van der Waals surface area contributed by atoms with E-state index in [0.717, 1.165) is 31.7 Å². The summed E-state index contributed by atoms with van der Waals surface area (Å²) in [5, 5.41) is 4.44. The summed E-state index contributed by atoms with van der Waals surface area (Å²) in [6, 6.07) is 3.66. The fraction of sp³-hybridized carbons (Fsp3) is 0.526. The van der Waals surface area contributed by atoms with E-state index in [2.05, 4.69) is 21.2 Å². The summed E-state index contributed by atoms with van der Waals surface area (Å²) >= 11 is 0. The number of aryl methyl sites for hydroxylation is 2. The van der Waals surface area contributed by atoms with E-state index in [4.69, 9.17) is 4.74 Å². The van der Waals surface area contributed by atoms with Crippen molar-refractivity contribution >= 4 is 5.91 Å². The fourth-order valence-corrected chi connectivity index (χ4v) is 4.04. The number of pyridine rings is 1.